The molecule has 3 rings (SSSR count). The molecule has 0 unspecified atom stereocenters. The van der Waals surface area contributed by atoms with Crippen LogP contribution in [-0.4, -0.2) is 27.9 Å². The maximum absolute atomic E-state index is 8.40. The highest BCUT2D eigenvalue weighted by Gasteiger charge is 2.52. The van der Waals surface area contributed by atoms with Gasteiger partial charge in [0.15, 0.2) is 0 Å². The summed E-state index contributed by atoms with van der Waals surface area (Å²) in [5.41, 5.74) is -1.63. The lowest BCUT2D eigenvalue weighted by molar-refractivity contribution is 0.00578. The fourth-order valence-corrected chi connectivity index (χ4v) is 1.79. The first-order valence-corrected chi connectivity index (χ1v) is 6.29. The molecule has 5 heteroatoms. The highest BCUT2D eigenvalue weighted by Crippen LogP contribution is 2.36. The van der Waals surface area contributed by atoms with Crippen LogP contribution in [0.1, 0.15) is 37.3 Å². The molecule has 1 aromatic carbocycles. The Bertz CT molecular complexity index is 900. The van der Waals surface area contributed by atoms with E-state index in [0.717, 1.165) is 4.57 Å². The van der Waals surface area contributed by atoms with Gasteiger partial charge in [-0.15, -0.1) is 0 Å². The van der Waals surface area contributed by atoms with Crippen LogP contribution in [0.5, 0.6) is 0 Å². The van der Waals surface area contributed by atoms with E-state index in [4.69, 9.17) is 18.9 Å². The number of hydrogen-bond acceptors (Lipinski definition) is 3. The Labute approximate surface area is 129 Å². The quantitative estimate of drug-likeness (QED) is 0.789. The summed E-state index contributed by atoms with van der Waals surface area (Å²) in [4.78, 5) is 4.02. The van der Waals surface area contributed by atoms with Gasteiger partial charge < -0.3 is 13.9 Å². The lowest BCUT2D eigenvalue weighted by Gasteiger charge is -2.32. The summed E-state index contributed by atoms with van der Waals surface area (Å²) >= 11 is 0. The SMILES string of the molecule is [2H]c1c([2H])c([2H])c(-n2c([2H])nc(B3OC(C)(C)C(C)(C)O3)c2[2H])c([2H])c1[2H]. The van der Waals surface area contributed by atoms with Crippen molar-refractivity contribution in [1.29, 1.82) is 0 Å². The molecule has 4 nitrogen and oxygen atoms in total. The summed E-state index contributed by atoms with van der Waals surface area (Å²) in [6, 6.07) is -2.66. The van der Waals surface area contributed by atoms with Crippen molar-refractivity contribution in [3.63, 3.8) is 0 Å². The molecular formula is C15H19BN2O2. The first-order chi connectivity index (χ1) is 12.3. The molecule has 0 radical (unpaired) electrons. The van der Waals surface area contributed by atoms with Crippen molar-refractivity contribution in [3.8, 4) is 5.69 Å². The molecule has 0 N–H and O–H groups in total. The van der Waals surface area contributed by atoms with Crippen LogP contribution in [0.25, 0.3) is 5.69 Å². The van der Waals surface area contributed by atoms with Gasteiger partial charge >= 0.3 is 7.12 Å². The van der Waals surface area contributed by atoms with Gasteiger partial charge in [-0.2, -0.15) is 0 Å². The van der Waals surface area contributed by atoms with Crippen molar-refractivity contribution in [2.24, 2.45) is 0 Å². The molecule has 20 heavy (non-hydrogen) atoms. The summed E-state index contributed by atoms with van der Waals surface area (Å²) in [6.07, 6.45) is -0.764. The van der Waals surface area contributed by atoms with Crippen molar-refractivity contribution < 1.29 is 18.9 Å². The van der Waals surface area contributed by atoms with E-state index in [2.05, 4.69) is 4.98 Å². The van der Waals surface area contributed by atoms with Gasteiger partial charge in [-0.25, -0.2) is 4.98 Å². The number of benzene rings is 1. The van der Waals surface area contributed by atoms with E-state index < -0.39 is 54.8 Å². The number of nitrogens with zero attached hydrogens (tertiary/aromatic N) is 2. The van der Waals surface area contributed by atoms with Gasteiger partial charge in [0.2, 0.25) is 0 Å². The third-order valence-electron chi connectivity index (χ3n) is 3.68. The van der Waals surface area contributed by atoms with Gasteiger partial charge in [0.05, 0.1) is 31.3 Å². The average Bonchev–Trinajstić information content (AvgIpc) is 2.97. The zero-order valence-corrected chi connectivity index (χ0v) is 11.8. The summed E-state index contributed by atoms with van der Waals surface area (Å²) in [5.74, 6) is 0. The Kier molecular flexibility index (Phi) is 1.66. The Hall–Kier alpha value is -1.59. The molecule has 0 bridgehead atoms. The van der Waals surface area contributed by atoms with Gasteiger partial charge in [-0.05, 0) is 39.8 Å². The van der Waals surface area contributed by atoms with Crippen molar-refractivity contribution in [2.75, 3.05) is 0 Å². The minimum atomic E-state index is -1.00. The third-order valence-corrected chi connectivity index (χ3v) is 3.68. The van der Waals surface area contributed by atoms with Crippen LogP contribution in [0.2, 0.25) is 0 Å². The molecule has 1 saturated heterocycles. The van der Waals surface area contributed by atoms with Crippen molar-refractivity contribution in [2.45, 2.75) is 38.9 Å². The standard InChI is InChI=1S/C15H19BN2O2/c1-14(2)15(3,4)20-16(19-14)13-10-18(11-17-13)12-8-6-5-7-9-12/h5-11H,1-4H3/i5D,6D,7D,8D,9D,10D,11D. The monoisotopic (exact) mass is 277 g/mol. The maximum atomic E-state index is 8.40. The lowest BCUT2D eigenvalue weighted by atomic mass is 9.86. The lowest BCUT2D eigenvalue weighted by Crippen LogP contribution is -2.41. The Balaban J connectivity index is 2.18. The van der Waals surface area contributed by atoms with Crippen LogP contribution in [-0.2, 0) is 9.31 Å². The number of hydrogen-bond donors (Lipinski definition) is 0. The third kappa shape index (κ3) is 2.17. The van der Waals surface area contributed by atoms with E-state index in [9.17, 15) is 0 Å². The van der Waals surface area contributed by atoms with E-state index >= 15 is 0 Å². The molecule has 2 aromatic rings. The summed E-state index contributed by atoms with van der Waals surface area (Å²) in [7, 11) is -1.00. The van der Waals surface area contributed by atoms with Gasteiger partial charge in [-0.1, -0.05) is 18.1 Å². The summed E-state index contributed by atoms with van der Waals surface area (Å²) in [5, 5.41) is 0. The molecule has 2 heterocycles. The summed E-state index contributed by atoms with van der Waals surface area (Å²) < 4.78 is 68.5. The van der Waals surface area contributed by atoms with E-state index in [0.29, 0.717) is 0 Å². The first kappa shape index (κ1) is 7.43. The number of para-hydroxylation sites is 1. The normalized spacial score (nSPS) is 25.2. The van der Waals surface area contributed by atoms with E-state index in [1.807, 2.05) is 27.7 Å². The zero-order chi connectivity index (χ0) is 20.5. The predicted molar refractivity (Wildman–Crippen MR) is 79.3 cm³/mol. The largest absolute Gasteiger partial charge is 0.516 e. The van der Waals surface area contributed by atoms with Crippen molar-refractivity contribution in [1.82, 2.24) is 9.55 Å². The Morgan fingerprint density at radius 3 is 2.30 bits per heavy atom. The topological polar surface area (TPSA) is 36.3 Å². The maximum Gasteiger partial charge on any atom is 0.516 e. The van der Waals surface area contributed by atoms with Crippen LogP contribution < -0.4 is 5.59 Å². The molecule has 1 aliphatic heterocycles. The Morgan fingerprint density at radius 2 is 1.70 bits per heavy atom. The number of aromatic nitrogens is 2. The average molecular weight is 277 g/mol. The van der Waals surface area contributed by atoms with E-state index in [1.54, 1.807) is 0 Å². The van der Waals surface area contributed by atoms with Crippen LogP contribution in [0.3, 0.4) is 0 Å². The van der Waals surface area contributed by atoms with Gasteiger partial charge in [0.1, 0.15) is 1.37 Å². The second kappa shape index (κ2) is 4.47. The highest BCUT2D eigenvalue weighted by molar-refractivity contribution is 6.61. The van der Waals surface area contributed by atoms with Gasteiger partial charge in [0.25, 0.3) is 0 Å². The smallest absolute Gasteiger partial charge is 0.398 e. The second-order valence-corrected chi connectivity index (χ2v) is 5.61. The van der Waals surface area contributed by atoms with E-state index in [1.165, 1.54) is 0 Å². The molecule has 1 aromatic heterocycles. The fraction of sp³-hybridized carbons (Fsp3) is 0.400. The van der Waals surface area contributed by atoms with E-state index in [-0.39, 0.29) is 17.5 Å². The zero-order valence-electron chi connectivity index (χ0n) is 18.8. The van der Waals surface area contributed by atoms with Crippen molar-refractivity contribution in [3.05, 3.63) is 42.7 Å². The van der Waals surface area contributed by atoms with Crippen LogP contribution >= 0.6 is 0 Å². The number of rotatable bonds is 2. The number of imidazole rings is 1. The van der Waals surface area contributed by atoms with Gasteiger partial charge in [0, 0.05) is 11.9 Å². The van der Waals surface area contributed by atoms with Gasteiger partial charge in [-0.3, -0.25) is 0 Å². The van der Waals surface area contributed by atoms with Crippen LogP contribution in [0, 0.1) is 0 Å². The Morgan fingerprint density at radius 1 is 1.10 bits per heavy atom. The molecular weight excluding hydrogens is 251 g/mol. The fourth-order valence-electron chi connectivity index (χ4n) is 1.79. The molecule has 1 aliphatic rings. The minimum Gasteiger partial charge on any atom is -0.398 e. The molecule has 104 valence electrons. The minimum absolute atomic E-state index is 0.0189. The predicted octanol–water partition coefficient (Wildman–Crippen LogP) is 2.17. The molecule has 0 atom stereocenters. The first-order valence-electron chi connectivity index (χ1n) is 9.79. The summed E-state index contributed by atoms with van der Waals surface area (Å²) in [6.45, 7) is 7.35. The molecule has 0 amide bonds. The molecule has 0 spiro atoms. The second-order valence-electron chi connectivity index (χ2n) is 5.61. The van der Waals surface area contributed by atoms with Crippen LogP contribution in [0.4, 0.5) is 0 Å². The highest BCUT2D eigenvalue weighted by atomic mass is 16.7. The van der Waals surface area contributed by atoms with Crippen LogP contribution in [0.15, 0.2) is 42.7 Å². The molecule has 1 fully saturated rings. The van der Waals surface area contributed by atoms with Crippen molar-refractivity contribution >= 4 is 12.7 Å². The molecule has 0 aliphatic carbocycles. The molecule has 0 saturated carbocycles.